The normalized spacial score (nSPS) is 22.1. The molecule has 0 bridgehead atoms. The summed E-state index contributed by atoms with van der Waals surface area (Å²) in [5, 5.41) is 2.86. The lowest BCUT2D eigenvalue weighted by Crippen LogP contribution is -2.45. The number of ether oxygens (including phenoxy) is 1. The number of esters is 1. The molecule has 1 amide bonds. The molecule has 0 saturated heterocycles. The van der Waals surface area contributed by atoms with Crippen molar-refractivity contribution in [3.8, 4) is 0 Å². The van der Waals surface area contributed by atoms with Gasteiger partial charge in [0.25, 0.3) is 5.91 Å². The van der Waals surface area contributed by atoms with Gasteiger partial charge in [0.15, 0.2) is 0 Å². The van der Waals surface area contributed by atoms with Gasteiger partial charge in [0.2, 0.25) is 0 Å². The molecular weight excluding hydrogens is 302 g/mol. The van der Waals surface area contributed by atoms with Crippen LogP contribution in [0.1, 0.15) is 22.3 Å². The second-order valence-corrected chi connectivity index (χ2v) is 5.86. The van der Waals surface area contributed by atoms with Crippen molar-refractivity contribution < 1.29 is 14.3 Å². The molecule has 122 valence electrons. The highest BCUT2D eigenvalue weighted by Gasteiger charge is 2.61. The molecule has 4 heteroatoms. The van der Waals surface area contributed by atoms with Gasteiger partial charge in [-0.1, -0.05) is 60.7 Å². The fraction of sp³-hybridized carbons (Fsp3) is 0.200. The fourth-order valence-corrected chi connectivity index (χ4v) is 2.79. The molecule has 2 aromatic carbocycles. The zero-order valence-corrected chi connectivity index (χ0v) is 13.4. The van der Waals surface area contributed by atoms with E-state index in [1.54, 1.807) is 24.3 Å². The second-order valence-electron chi connectivity index (χ2n) is 5.86. The third-order valence-electron chi connectivity index (χ3n) is 4.26. The predicted molar refractivity (Wildman–Crippen MR) is 92.2 cm³/mol. The first-order chi connectivity index (χ1) is 11.7. The van der Waals surface area contributed by atoms with Crippen LogP contribution in [-0.2, 0) is 9.53 Å². The van der Waals surface area contributed by atoms with Crippen LogP contribution >= 0.6 is 0 Å². The number of amides is 1. The molecule has 2 aromatic rings. The number of hydrogen-bond donors (Lipinski definition) is 1. The highest BCUT2D eigenvalue weighted by molar-refractivity contribution is 5.99. The molecule has 1 saturated carbocycles. The lowest BCUT2D eigenvalue weighted by Gasteiger charge is -2.16. The Morgan fingerprint density at radius 3 is 2.33 bits per heavy atom. The SMILES string of the molecule is COC(=O)[C@]1(NC(=O)c2ccccc2)C[C@H]1/C=C/c1ccccc1. The van der Waals surface area contributed by atoms with Crippen molar-refractivity contribution in [2.75, 3.05) is 7.11 Å². The molecule has 0 spiro atoms. The number of rotatable bonds is 5. The molecule has 0 aromatic heterocycles. The van der Waals surface area contributed by atoms with E-state index in [2.05, 4.69) is 5.32 Å². The third-order valence-corrected chi connectivity index (χ3v) is 4.26. The summed E-state index contributed by atoms with van der Waals surface area (Å²) in [6, 6.07) is 18.7. The van der Waals surface area contributed by atoms with E-state index in [9.17, 15) is 9.59 Å². The molecule has 0 unspecified atom stereocenters. The summed E-state index contributed by atoms with van der Waals surface area (Å²) in [7, 11) is 1.34. The van der Waals surface area contributed by atoms with Crippen molar-refractivity contribution in [2.24, 2.45) is 5.92 Å². The van der Waals surface area contributed by atoms with Crippen molar-refractivity contribution >= 4 is 18.0 Å². The van der Waals surface area contributed by atoms with Crippen molar-refractivity contribution in [1.82, 2.24) is 5.32 Å². The zero-order chi connectivity index (χ0) is 17.0. The van der Waals surface area contributed by atoms with Crippen LogP contribution in [0.5, 0.6) is 0 Å². The Morgan fingerprint density at radius 2 is 1.71 bits per heavy atom. The lowest BCUT2D eigenvalue weighted by molar-refractivity contribution is -0.144. The van der Waals surface area contributed by atoms with Gasteiger partial charge in [-0.15, -0.1) is 0 Å². The predicted octanol–water partition coefficient (Wildman–Crippen LogP) is 3.06. The van der Waals surface area contributed by atoms with E-state index in [-0.39, 0.29) is 11.8 Å². The van der Waals surface area contributed by atoms with E-state index in [4.69, 9.17) is 4.74 Å². The molecule has 24 heavy (non-hydrogen) atoms. The molecule has 1 aliphatic carbocycles. The van der Waals surface area contributed by atoms with E-state index in [1.165, 1.54) is 7.11 Å². The smallest absolute Gasteiger partial charge is 0.332 e. The first-order valence-electron chi connectivity index (χ1n) is 7.85. The van der Waals surface area contributed by atoms with Gasteiger partial charge < -0.3 is 10.1 Å². The van der Waals surface area contributed by atoms with Gasteiger partial charge in [-0.3, -0.25) is 4.79 Å². The Kier molecular flexibility index (Phi) is 4.47. The van der Waals surface area contributed by atoms with Crippen molar-refractivity contribution in [3.05, 3.63) is 77.9 Å². The van der Waals surface area contributed by atoms with Gasteiger partial charge in [-0.05, 0) is 24.1 Å². The first kappa shape index (κ1) is 16.0. The average Bonchev–Trinajstić information content (AvgIpc) is 3.34. The highest BCUT2D eigenvalue weighted by atomic mass is 16.5. The third kappa shape index (κ3) is 3.23. The maximum absolute atomic E-state index is 12.4. The monoisotopic (exact) mass is 321 g/mol. The van der Waals surface area contributed by atoms with Crippen LogP contribution in [0.4, 0.5) is 0 Å². The van der Waals surface area contributed by atoms with Gasteiger partial charge >= 0.3 is 5.97 Å². The van der Waals surface area contributed by atoms with E-state index < -0.39 is 11.5 Å². The molecule has 0 aliphatic heterocycles. The molecule has 2 atom stereocenters. The molecule has 3 rings (SSSR count). The zero-order valence-electron chi connectivity index (χ0n) is 13.4. The van der Waals surface area contributed by atoms with E-state index in [1.807, 2.05) is 48.6 Å². The summed E-state index contributed by atoms with van der Waals surface area (Å²) in [4.78, 5) is 24.6. The Bertz CT molecular complexity index is 755. The summed E-state index contributed by atoms with van der Waals surface area (Å²) in [5.74, 6) is -0.746. The first-order valence-corrected chi connectivity index (χ1v) is 7.85. The molecule has 4 nitrogen and oxygen atoms in total. The van der Waals surface area contributed by atoms with Gasteiger partial charge in [0, 0.05) is 11.5 Å². The minimum absolute atomic E-state index is 0.0715. The van der Waals surface area contributed by atoms with Gasteiger partial charge in [-0.25, -0.2) is 4.79 Å². The molecular formula is C20H19NO3. The summed E-state index contributed by atoms with van der Waals surface area (Å²) in [6.45, 7) is 0. The number of nitrogens with one attached hydrogen (secondary N) is 1. The topological polar surface area (TPSA) is 55.4 Å². The summed E-state index contributed by atoms with van der Waals surface area (Å²) >= 11 is 0. The molecule has 1 N–H and O–H groups in total. The highest BCUT2D eigenvalue weighted by Crippen LogP contribution is 2.46. The molecule has 1 aliphatic rings. The minimum Gasteiger partial charge on any atom is -0.467 e. The van der Waals surface area contributed by atoms with Crippen molar-refractivity contribution in [3.63, 3.8) is 0 Å². The number of carbonyl (C=O) groups is 2. The van der Waals surface area contributed by atoms with Crippen molar-refractivity contribution in [1.29, 1.82) is 0 Å². The van der Waals surface area contributed by atoms with Crippen LogP contribution in [0.25, 0.3) is 6.08 Å². The number of hydrogen-bond acceptors (Lipinski definition) is 3. The molecule has 0 heterocycles. The van der Waals surface area contributed by atoms with Crippen LogP contribution in [0.3, 0.4) is 0 Å². The maximum atomic E-state index is 12.4. The Balaban J connectivity index is 1.75. The summed E-state index contributed by atoms with van der Waals surface area (Å²) in [5.41, 5.74) is 0.614. The Morgan fingerprint density at radius 1 is 1.08 bits per heavy atom. The van der Waals surface area contributed by atoms with Crippen LogP contribution in [0, 0.1) is 5.92 Å². The molecule has 1 fully saturated rings. The number of carbonyl (C=O) groups excluding carboxylic acids is 2. The largest absolute Gasteiger partial charge is 0.467 e. The molecule has 0 radical (unpaired) electrons. The van der Waals surface area contributed by atoms with E-state index in [0.717, 1.165) is 5.56 Å². The second kappa shape index (κ2) is 6.71. The Hall–Kier alpha value is -2.88. The summed E-state index contributed by atoms with van der Waals surface area (Å²) < 4.78 is 4.91. The van der Waals surface area contributed by atoms with Gasteiger partial charge in [-0.2, -0.15) is 0 Å². The average molecular weight is 321 g/mol. The quantitative estimate of drug-likeness (QED) is 0.861. The van der Waals surface area contributed by atoms with Gasteiger partial charge in [0.1, 0.15) is 5.54 Å². The fourth-order valence-electron chi connectivity index (χ4n) is 2.79. The Labute approximate surface area is 141 Å². The van der Waals surface area contributed by atoms with E-state index >= 15 is 0 Å². The van der Waals surface area contributed by atoms with Crippen molar-refractivity contribution in [2.45, 2.75) is 12.0 Å². The van der Waals surface area contributed by atoms with E-state index in [0.29, 0.717) is 12.0 Å². The van der Waals surface area contributed by atoms with Crippen LogP contribution in [0.15, 0.2) is 66.7 Å². The summed E-state index contributed by atoms with van der Waals surface area (Å²) in [6.07, 6.45) is 4.46. The number of benzene rings is 2. The van der Waals surface area contributed by atoms with Gasteiger partial charge in [0.05, 0.1) is 7.11 Å². The number of methoxy groups -OCH3 is 1. The van der Waals surface area contributed by atoms with Crippen LogP contribution in [0.2, 0.25) is 0 Å². The van der Waals surface area contributed by atoms with Crippen LogP contribution in [-0.4, -0.2) is 24.5 Å². The standard InChI is InChI=1S/C20H19NO3/c1-24-19(23)20(21-18(22)16-10-6-3-7-11-16)14-17(20)13-12-15-8-4-2-5-9-15/h2-13,17H,14H2,1H3,(H,21,22)/b13-12+/t17-,20+/m1/s1. The van der Waals surface area contributed by atoms with Crippen LogP contribution < -0.4 is 5.32 Å². The lowest BCUT2D eigenvalue weighted by atomic mass is 10.1. The minimum atomic E-state index is -0.965. The maximum Gasteiger partial charge on any atom is 0.332 e.